The van der Waals surface area contributed by atoms with E-state index in [0.29, 0.717) is 30.2 Å². The van der Waals surface area contributed by atoms with Crippen molar-refractivity contribution >= 4 is 51.6 Å². The van der Waals surface area contributed by atoms with E-state index in [2.05, 4.69) is 117 Å². The van der Waals surface area contributed by atoms with Crippen molar-refractivity contribution in [2.24, 2.45) is 4.99 Å². The van der Waals surface area contributed by atoms with E-state index in [9.17, 15) is 4.79 Å². The van der Waals surface area contributed by atoms with Gasteiger partial charge in [0.05, 0.1) is 11.3 Å². The van der Waals surface area contributed by atoms with Crippen LogP contribution in [0.15, 0.2) is 112 Å². The largest absolute Gasteiger partial charge is 0.489 e. The van der Waals surface area contributed by atoms with Gasteiger partial charge in [0.25, 0.3) is 0 Å². The van der Waals surface area contributed by atoms with E-state index in [4.69, 9.17) is 14.7 Å². The van der Waals surface area contributed by atoms with E-state index in [1.807, 2.05) is 42.6 Å². The summed E-state index contributed by atoms with van der Waals surface area (Å²) in [6, 6.07) is 28.9. The molecule has 274 valence electrons. The number of carbonyl (C=O) groups is 1. The molecule has 2 aliphatic carbocycles. The maximum atomic E-state index is 12.5. The van der Waals surface area contributed by atoms with Gasteiger partial charge in [-0.05, 0) is 103 Å². The third-order valence-electron chi connectivity index (χ3n) is 10.3. The number of benzene rings is 4. The molecular formula is C44H47Br2N3O3Si. The van der Waals surface area contributed by atoms with E-state index >= 15 is 0 Å². The number of ketones is 1. The standard InChI is InChI=1S/C20H17BrN2O.C19H17BrO2.C5H13NSi/c21-14-8-9-19-17(10-14)18(23-12-22)11-20(24-19)16-7-3-5-13-4-1-2-6-15(13)16;20-13-8-9-18-16(10-13)17(21)11-19(22-18)15-7-3-5-12-4-1-2-6-14(12)15;1-5-6-7(2,3)4/h1-2,4,6,8-10,16,20H,3,5,7,11H2;1-2,4,6,8-10,15,19H,3,5,7,11H2;5-6H,1H2,2-4H3. The number of carbonyl (C=O) groups excluding carboxylic acids is 1. The van der Waals surface area contributed by atoms with Crippen LogP contribution < -0.4 is 14.5 Å². The van der Waals surface area contributed by atoms with Gasteiger partial charge in [0.2, 0.25) is 6.19 Å². The van der Waals surface area contributed by atoms with Crippen LogP contribution in [0.2, 0.25) is 19.6 Å². The molecule has 0 amide bonds. The number of nitrogens with zero attached hydrogens (tertiary/aromatic N) is 2. The molecule has 4 unspecified atom stereocenters. The van der Waals surface area contributed by atoms with E-state index in [1.165, 1.54) is 35.1 Å². The lowest BCUT2D eigenvalue weighted by atomic mass is 9.77. The summed E-state index contributed by atoms with van der Waals surface area (Å²) in [5.41, 5.74) is 8.06. The van der Waals surface area contributed by atoms with Crippen molar-refractivity contribution < 1.29 is 14.3 Å². The molecule has 4 aromatic rings. The smallest absolute Gasteiger partial charge is 0.205 e. The highest BCUT2D eigenvalue weighted by Gasteiger charge is 2.36. The van der Waals surface area contributed by atoms with Crippen LogP contribution in [0.1, 0.15) is 88.5 Å². The van der Waals surface area contributed by atoms with Crippen LogP contribution >= 0.6 is 31.9 Å². The molecule has 9 heteroatoms. The van der Waals surface area contributed by atoms with Gasteiger partial charge in [0.1, 0.15) is 31.9 Å². The van der Waals surface area contributed by atoms with Gasteiger partial charge in [-0.2, -0.15) is 10.3 Å². The van der Waals surface area contributed by atoms with Gasteiger partial charge >= 0.3 is 0 Å². The number of hydrogen-bond donors (Lipinski definition) is 1. The molecule has 2 heterocycles. The molecular weight excluding hydrogens is 806 g/mol. The number of hydrogen-bond acceptors (Lipinski definition) is 6. The number of nitriles is 1. The summed E-state index contributed by atoms with van der Waals surface area (Å²) in [6.07, 6.45) is 11.7. The average Bonchev–Trinajstić information content (AvgIpc) is 3.15. The Morgan fingerprint density at radius 1 is 0.792 bits per heavy atom. The molecule has 0 saturated heterocycles. The molecule has 0 fully saturated rings. The normalized spacial score (nSPS) is 21.9. The van der Waals surface area contributed by atoms with Gasteiger partial charge in [-0.3, -0.25) is 4.79 Å². The molecule has 0 spiro atoms. The third kappa shape index (κ3) is 9.59. The first kappa shape index (κ1) is 38.7. The zero-order valence-electron chi connectivity index (χ0n) is 30.7. The number of Topliss-reactive ketones (excluding diaryl/α,β-unsaturated/α-hetero) is 1. The molecule has 2 aliphatic heterocycles. The summed E-state index contributed by atoms with van der Waals surface area (Å²) in [7, 11) is -1.03. The molecule has 53 heavy (non-hydrogen) atoms. The first-order chi connectivity index (χ1) is 25.5. The van der Waals surface area contributed by atoms with Gasteiger partial charge in [0.15, 0.2) is 5.78 Å². The highest BCUT2D eigenvalue weighted by atomic mass is 79.9. The first-order valence-electron chi connectivity index (χ1n) is 18.5. The van der Waals surface area contributed by atoms with E-state index in [-0.39, 0.29) is 18.0 Å². The van der Waals surface area contributed by atoms with Crippen molar-refractivity contribution in [2.75, 3.05) is 0 Å². The van der Waals surface area contributed by atoms with Crippen LogP contribution in [0, 0.1) is 11.5 Å². The van der Waals surface area contributed by atoms with Crippen LogP contribution in [0.25, 0.3) is 0 Å². The molecule has 0 radical (unpaired) electrons. The monoisotopic (exact) mass is 851 g/mol. The number of halogens is 2. The highest BCUT2D eigenvalue weighted by Crippen LogP contribution is 2.42. The molecule has 4 aliphatic rings. The summed E-state index contributed by atoms with van der Waals surface area (Å²) in [5.74, 6) is 2.43. The second kappa shape index (κ2) is 17.4. The van der Waals surface area contributed by atoms with Gasteiger partial charge in [0, 0.05) is 39.2 Å². The Hall–Kier alpha value is -3.97. The topological polar surface area (TPSA) is 83.7 Å². The lowest BCUT2D eigenvalue weighted by Crippen LogP contribution is -2.36. The van der Waals surface area contributed by atoms with E-state index in [1.54, 1.807) is 6.20 Å². The van der Waals surface area contributed by atoms with Crippen molar-refractivity contribution in [1.29, 1.82) is 5.26 Å². The zero-order valence-corrected chi connectivity index (χ0v) is 34.9. The zero-order chi connectivity index (χ0) is 37.5. The van der Waals surface area contributed by atoms with Gasteiger partial charge in [-0.25, -0.2) is 0 Å². The fourth-order valence-electron chi connectivity index (χ4n) is 7.93. The van der Waals surface area contributed by atoms with Crippen LogP contribution in [0.4, 0.5) is 0 Å². The summed E-state index contributed by atoms with van der Waals surface area (Å²) in [4.78, 5) is 19.8. The Kier molecular flexibility index (Phi) is 12.8. The molecule has 1 N–H and O–H groups in total. The van der Waals surface area contributed by atoms with Crippen LogP contribution in [-0.2, 0) is 12.8 Å². The number of aryl methyl sites for hydroxylation is 2. The second-order valence-electron chi connectivity index (χ2n) is 15.1. The molecule has 4 aromatic carbocycles. The number of nitrogens with one attached hydrogen (secondary N) is 1. The van der Waals surface area contributed by atoms with Gasteiger partial charge < -0.3 is 14.5 Å². The fraction of sp³-hybridized carbons (Fsp3) is 0.341. The minimum atomic E-state index is -1.03. The Labute approximate surface area is 332 Å². The van der Waals surface area contributed by atoms with Crippen molar-refractivity contribution in [3.63, 3.8) is 0 Å². The van der Waals surface area contributed by atoms with Crippen LogP contribution in [0.5, 0.6) is 11.5 Å². The fourth-order valence-corrected chi connectivity index (χ4v) is 9.27. The van der Waals surface area contributed by atoms with Crippen molar-refractivity contribution in [3.8, 4) is 17.7 Å². The van der Waals surface area contributed by atoms with Crippen molar-refractivity contribution in [3.05, 3.63) is 140 Å². The summed E-state index contributed by atoms with van der Waals surface area (Å²) < 4.78 is 14.5. The van der Waals surface area contributed by atoms with Crippen LogP contribution in [0.3, 0.4) is 0 Å². The minimum absolute atomic E-state index is 0.0345. The SMILES string of the molecule is C=CN[Si](C)(C)C.N#CN=C1CC(C2CCCc3ccccc32)Oc2ccc(Br)cc21.O=C1CC(C2CCCc3ccccc32)Oc2ccc(Br)cc21. The van der Waals surface area contributed by atoms with E-state index in [0.717, 1.165) is 57.4 Å². The molecule has 0 bridgehead atoms. The number of ether oxygens (including phenoxy) is 2. The maximum Gasteiger partial charge on any atom is 0.205 e. The predicted molar refractivity (Wildman–Crippen MR) is 224 cm³/mol. The lowest BCUT2D eigenvalue weighted by molar-refractivity contribution is 0.0794. The Bertz CT molecular complexity index is 2040. The third-order valence-corrected chi connectivity index (χ3v) is 12.3. The summed E-state index contributed by atoms with van der Waals surface area (Å²) in [5, 5.41) is 9.08. The molecule has 4 atom stereocenters. The predicted octanol–water partition coefficient (Wildman–Crippen LogP) is 11.4. The van der Waals surface area contributed by atoms with Gasteiger partial charge in [-0.1, -0.05) is 107 Å². The average molecular weight is 854 g/mol. The Morgan fingerprint density at radius 2 is 1.30 bits per heavy atom. The number of aliphatic imine (C=N–C) groups is 1. The van der Waals surface area contributed by atoms with Crippen LogP contribution in [-0.4, -0.2) is 31.9 Å². The minimum Gasteiger partial charge on any atom is -0.489 e. The van der Waals surface area contributed by atoms with Gasteiger partial charge in [-0.15, -0.1) is 0 Å². The Balaban J connectivity index is 0.000000155. The highest BCUT2D eigenvalue weighted by molar-refractivity contribution is 9.10. The molecule has 0 saturated carbocycles. The number of rotatable bonds is 4. The second-order valence-corrected chi connectivity index (χ2v) is 21.7. The quantitative estimate of drug-likeness (QED) is 0.163. The summed E-state index contributed by atoms with van der Waals surface area (Å²) in [6.45, 7) is 10.3. The lowest BCUT2D eigenvalue weighted by Gasteiger charge is -2.36. The Morgan fingerprint density at radius 3 is 1.81 bits per heavy atom. The molecule has 8 rings (SSSR count). The van der Waals surface area contributed by atoms with Crippen molar-refractivity contribution in [2.45, 2.75) is 95.1 Å². The van der Waals surface area contributed by atoms with E-state index < -0.39 is 8.24 Å². The first-order valence-corrected chi connectivity index (χ1v) is 23.6. The summed E-state index contributed by atoms with van der Waals surface area (Å²) >= 11 is 6.91. The molecule has 0 aromatic heterocycles. The maximum absolute atomic E-state index is 12.5. The molecule has 6 nitrogen and oxygen atoms in total. The van der Waals surface area contributed by atoms with Crippen molar-refractivity contribution in [1.82, 2.24) is 4.98 Å². The number of fused-ring (bicyclic) bond motifs is 4.